The number of hydrogen-bond donors (Lipinski definition) is 0. The van der Waals surface area contributed by atoms with Gasteiger partial charge in [0, 0.05) is 42.8 Å². The number of pyridine rings is 2. The number of fused-ring (bicyclic) bond motifs is 3. The third-order valence-electron chi connectivity index (χ3n) is 6.68. The fourth-order valence-electron chi connectivity index (χ4n) is 4.68. The molecular formula is C36H26IrN2S-2. The van der Waals surface area contributed by atoms with Crippen molar-refractivity contribution >= 4 is 31.5 Å². The van der Waals surface area contributed by atoms with E-state index in [2.05, 4.69) is 96.6 Å². The van der Waals surface area contributed by atoms with Crippen molar-refractivity contribution in [2.75, 3.05) is 0 Å². The normalized spacial score (nSPS) is 10.6. The van der Waals surface area contributed by atoms with Crippen molar-refractivity contribution in [1.29, 1.82) is 0 Å². The van der Waals surface area contributed by atoms with Crippen molar-refractivity contribution in [3.63, 3.8) is 0 Å². The van der Waals surface area contributed by atoms with Crippen LogP contribution in [-0.4, -0.2) is 9.97 Å². The molecule has 0 aliphatic carbocycles. The Morgan fingerprint density at radius 1 is 0.650 bits per heavy atom. The predicted octanol–water partition coefficient (Wildman–Crippen LogP) is 9.75. The summed E-state index contributed by atoms with van der Waals surface area (Å²) in [5, 5.41) is 2.61. The predicted molar refractivity (Wildman–Crippen MR) is 165 cm³/mol. The molecule has 3 aromatic heterocycles. The average molecular weight is 711 g/mol. The van der Waals surface area contributed by atoms with Crippen LogP contribution in [0.5, 0.6) is 0 Å². The molecule has 1 radical (unpaired) electrons. The van der Waals surface area contributed by atoms with Crippen LogP contribution in [0.25, 0.3) is 53.8 Å². The summed E-state index contributed by atoms with van der Waals surface area (Å²) in [6.45, 7) is 4.21. The molecule has 0 bridgehead atoms. The Kier molecular flexibility index (Phi) is 8.62. The Morgan fingerprint density at radius 3 is 2.20 bits per heavy atom. The Morgan fingerprint density at radius 2 is 1.43 bits per heavy atom. The van der Waals surface area contributed by atoms with Crippen LogP contribution < -0.4 is 0 Å². The summed E-state index contributed by atoms with van der Waals surface area (Å²) in [5.41, 5.74) is 8.89. The van der Waals surface area contributed by atoms with Crippen molar-refractivity contribution < 1.29 is 20.1 Å². The molecule has 3 heterocycles. The molecule has 0 fully saturated rings. The van der Waals surface area contributed by atoms with Crippen molar-refractivity contribution in [3.8, 4) is 33.6 Å². The first-order valence-electron chi connectivity index (χ1n) is 12.9. The first-order chi connectivity index (χ1) is 19.2. The van der Waals surface area contributed by atoms with Crippen LogP contribution in [0.2, 0.25) is 0 Å². The zero-order valence-corrected chi connectivity index (χ0v) is 25.4. The van der Waals surface area contributed by atoms with Gasteiger partial charge >= 0.3 is 0 Å². The molecule has 2 nitrogen and oxygen atoms in total. The number of benzene rings is 4. The molecule has 197 valence electrons. The SMILES string of the molecule is Cc1cc(-c2[c-]cccc2)ncc1-c1ccccc1.Cc1ccnc(-c2[c-]cc3sc4ccccc4c3c2)c1.[Ir]. The number of aromatic nitrogens is 2. The number of hydrogen-bond acceptors (Lipinski definition) is 3. The summed E-state index contributed by atoms with van der Waals surface area (Å²) in [4.78, 5) is 9.01. The van der Waals surface area contributed by atoms with E-state index in [4.69, 9.17) is 0 Å². The van der Waals surface area contributed by atoms with Gasteiger partial charge in [0.15, 0.2) is 0 Å². The number of nitrogens with zero attached hydrogens (tertiary/aromatic N) is 2. The summed E-state index contributed by atoms with van der Waals surface area (Å²) >= 11 is 1.82. The number of aryl methyl sites for hydroxylation is 2. The van der Waals surface area contributed by atoms with Gasteiger partial charge in [-0.25, -0.2) is 0 Å². The maximum absolute atomic E-state index is 4.55. The Balaban J connectivity index is 0.000000158. The summed E-state index contributed by atoms with van der Waals surface area (Å²) in [7, 11) is 0. The molecule has 7 aromatic rings. The monoisotopic (exact) mass is 711 g/mol. The van der Waals surface area contributed by atoms with Crippen LogP contribution in [0.1, 0.15) is 11.1 Å². The van der Waals surface area contributed by atoms with E-state index in [-0.39, 0.29) is 20.1 Å². The van der Waals surface area contributed by atoms with E-state index in [1.165, 1.54) is 42.4 Å². The average Bonchev–Trinajstić information content (AvgIpc) is 3.36. The van der Waals surface area contributed by atoms with Gasteiger partial charge in [0.05, 0.1) is 0 Å². The minimum Gasteiger partial charge on any atom is -0.305 e. The molecule has 7 rings (SSSR count). The van der Waals surface area contributed by atoms with Crippen LogP contribution in [0.4, 0.5) is 0 Å². The van der Waals surface area contributed by atoms with Crippen molar-refractivity contribution in [1.82, 2.24) is 9.97 Å². The van der Waals surface area contributed by atoms with Gasteiger partial charge in [0.2, 0.25) is 0 Å². The van der Waals surface area contributed by atoms with Crippen LogP contribution >= 0.6 is 11.3 Å². The fraction of sp³-hybridized carbons (Fsp3) is 0.0556. The quantitative estimate of drug-likeness (QED) is 0.171. The Labute approximate surface area is 252 Å². The van der Waals surface area contributed by atoms with Crippen LogP contribution in [0.3, 0.4) is 0 Å². The third kappa shape index (κ3) is 5.95. The molecule has 0 aliphatic rings. The maximum atomic E-state index is 4.55. The summed E-state index contributed by atoms with van der Waals surface area (Å²) in [6.07, 6.45) is 3.80. The molecule has 0 unspecified atom stereocenters. The minimum absolute atomic E-state index is 0. The van der Waals surface area contributed by atoms with Crippen molar-refractivity contribution in [3.05, 3.63) is 145 Å². The van der Waals surface area contributed by atoms with E-state index in [0.29, 0.717) is 0 Å². The zero-order valence-electron chi connectivity index (χ0n) is 22.2. The van der Waals surface area contributed by atoms with Crippen molar-refractivity contribution in [2.24, 2.45) is 0 Å². The largest absolute Gasteiger partial charge is 0.305 e. The van der Waals surface area contributed by atoms with E-state index in [1.54, 1.807) is 0 Å². The van der Waals surface area contributed by atoms with E-state index in [9.17, 15) is 0 Å². The maximum Gasteiger partial charge on any atom is 0.0242 e. The van der Waals surface area contributed by atoms with Gasteiger partial charge < -0.3 is 9.97 Å². The molecule has 40 heavy (non-hydrogen) atoms. The van der Waals surface area contributed by atoms with Crippen LogP contribution in [0.15, 0.2) is 122 Å². The Hall–Kier alpha value is -3.95. The molecular weight excluding hydrogens is 685 g/mol. The second-order valence-corrected chi connectivity index (χ2v) is 10.6. The first-order valence-corrected chi connectivity index (χ1v) is 13.7. The molecule has 0 amide bonds. The molecule has 0 aliphatic heterocycles. The second kappa shape index (κ2) is 12.5. The first kappa shape index (κ1) is 27.6. The summed E-state index contributed by atoms with van der Waals surface area (Å²) in [5.74, 6) is 0. The van der Waals surface area contributed by atoms with E-state index in [1.807, 2.05) is 72.3 Å². The Bertz CT molecular complexity index is 1880. The third-order valence-corrected chi connectivity index (χ3v) is 7.82. The van der Waals surface area contributed by atoms with Gasteiger partial charge in [0.1, 0.15) is 0 Å². The minimum atomic E-state index is 0. The number of rotatable bonds is 3. The van der Waals surface area contributed by atoms with E-state index in [0.717, 1.165) is 22.5 Å². The topological polar surface area (TPSA) is 25.8 Å². The summed E-state index contributed by atoms with van der Waals surface area (Å²) in [6, 6.07) is 43.9. The van der Waals surface area contributed by atoms with Crippen LogP contribution in [0, 0.1) is 26.0 Å². The zero-order chi connectivity index (χ0) is 26.6. The van der Waals surface area contributed by atoms with Gasteiger partial charge in [-0.2, -0.15) is 11.3 Å². The van der Waals surface area contributed by atoms with Gasteiger partial charge in [-0.05, 0) is 58.6 Å². The van der Waals surface area contributed by atoms with Gasteiger partial charge in [-0.15, -0.1) is 59.7 Å². The molecule has 0 atom stereocenters. The molecule has 0 saturated carbocycles. The van der Waals surface area contributed by atoms with Gasteiger partial charge in [-0.3, -0.25) is 0 Å². The number of thiophene rings is 1. The van der Waals surface area contributed by atoms with Gasteiger partial charge in [-0.1, -0.05) is 71.6 Å². The van der Waals surface area contributed by atoms with E-state index >= 15 is 0 Å². The smallest absolute Gasteiger partial charge is 0.0242 e. The molecule has 0 N–H and O–H groups in total. The van der Waals surface area contributed by atoms with Gasteiger partial charge in [0.25, 0.3) is 0 Å². The fourth-order valence-corrected chi connectivity index (χ4v) is 5.75. The second-order valence-electron chi connectivity index (χ2n) is 9.47. The molecule has 4 aromatic carbocycles. The standard InChI is InChI=1S/C18H12NS.C18H14N.Ir/c1-12-8-9-19-16(10-12)13-6-7-18-15(11-13)14-4-2-3-5-17(14)20-18;1-14-12-18(16-10-6-3-7-11-16)19-13-17(14)15-8-4-2-5-9-15;/h2-5,7-11H,1H3;2-10,12-13H,1H3;/q2*-1;. The van der Waals surface area contributed by atoms with E-state index < -0.39 is 0 Å². The molecule has 0 spiro atoms. The molecule has 4 heteroatoms. The summed E-state index contributed by atoms with van der Waals surface area (Å²) < 4.78 is 2.60. The van der Waals surface area contributed by atoms with Crippen LogP contribution in [-0.2, 0) is 20.1 Å². The van der Waals surface area contributed by atoms with Crippen molar-refractivity contribution in [2.45, 2.75) is 13.8 Å². The molecule has 0 saturated heterocycles.